The minimum Gasteiger partial charge on any atom is -0.484 e. The van der Waals surface area contributed by atoms with E-state index < -0.39 is 0 Å². The third-order valence-electron chi connectivity index (χ3n) is 6.10. The predicted octanol–water partition coefficient (Wildman–Crippen LogP) is 3.99. The second-order valence-electron chi connectivity index (χ2n) is 8.33. The van der Waals surface area contributed by atoms with E-state index >= 15 is 0 Å². The second kappa shape index (κ2) is 9.53. The first-order valence-corrected chi connectivity index (χ1v) is 11.1. The fraction of sp³-hybridized carbons (Fsp3) is 0.400. The zero-order valence-corrected chi connectivity index (χ0v) is 18.4. The van der Waals surface area contributed by atoms with Gasteiger partial charge in [-0.15, -0.1) is 0 Å². The van der Waals surface area contributed by atoms with E-state index in [1.54, 1.807) is 18.2 Å². The van der Waals surface area contributed by atoms with E-state index in [4.69, 9.17) is 9.47 Å². The van der Waals surface area contributed by atoms with Crippen LogP contribution in [0, 0.1) is 0 Å². The largest absolute Gasteiger partial charge is 0.484 e. The van der Waals surface area contributed by atoms with Crippen molar-refractivity contribution in [3.63, 3.8) is 0 Å². The van der Waals surface area contributed by atoms with Crippen LogP contribution in [0.4, 0.5) is 5.69 Å². The van der Waals surface area contributed by atoms with Gasteiger partial charge in [0.25, 0.3) is 17.7 Å². The molecule has 0 radical (unpaired) electrons. The minimum atomic E-state index is -0.353. The number of amides is 3. The van der Waals surface area contributed by atoms with Crippen molar-refractivity contribution >= 4 is 23.4 Å². The number of fused-ring (bicyclic) bond motifs is 1. The fourth-order valence-corrected chi connectivity index (χ4v) is 4.00. The SMILES string of the molecule is CCC(C)c1ccc(OCC(=O)Nc2ccc3c(c2)C(=O)N(CC2CCCO2)C3=O)cc1. The Morgan fingerprint density at radius 2 is 1.91 bits per heavy atom. The van der Waals surface area contributed by atoms with Gasteiger partial charge in [0.1, 0.15) is 5.75 Å². The van der Waals surface area contributed by atoms with Gasteiger partial charge in [-0.1, -0.05) is 26.0 Å². The number of nitrogens with zero attached hydrogens (tertiary/aromatic N) is 1. The van der Waals surface area contributed by atoms with Crippen LogP contribution in [0.3, 0.4) is 0 Å². The van der Waals surface area contributed by atoms with E-state index in [2.05, 4.69) is 19.2 Å². The molecule has 3 amide bonds. The van der Waals surface area contributed by atoms with Gasteiger partial charge in [0.05, 0.1) is 23.8 Å². The maximum absolute atomic E-state index is 12.8. The summed E-state index contributed by atoms with van der Waals surface area (Å²) in [5, 5.41) is 2.73. The summed E-state index contributed by atoms with van der Waals surface area (Å²) in [4.78, 5) is 38.9. The number of ether oxygens (including phenoxy) is 2. The van der Waals surface area contributed by atoms with Crippen molar-refractivity contribution < 1.29 is 23.9 Å². The summed E-state index contributed by atoms with van der Waals surface area (Å²) in [5.74, 6) is 0.0794. The summed E-state index contributed by atoms with van der Waals surface area (Å²) in [6, 6.07) is 12.5. The van der Waals surface area contributed by atoms with Crippen LogP contribution in [-0.2, 0) is 9.53 Å². The predicted molar refractivity (Wildman–Crippen MR) is 120 cm³/mol. The molecule has 0 aliphatic carbocycles. The molecule has 1 saturated heterocycles. The lowest BCUT2D eigenvalue weighted by Crippen LogP contribution is -2.36. The summed E-state index contributed by atoms with van der Waals surface area (Å²) in [6.45, 7) is 5.08. The quantitative estimate of drug-likeness (QED) is 0.633. The number of carbonyl (C=O) groups excluding carboxylic acids is 3. The Morgan fingerprint density at radius 3 is 2.59 bits per heavy atom. The van der Waals surface area contributed by atoms with Crippen molar-refractivity contribution in [1.82, 2.24) is 4.90 Å². The van der Waals surface area contributed by atoms with Crippen LogP contribution in [-0.4, -0.2) is 48.5 Å². The van der Waals surface area contributed by atoms with Crippen molar-refractivity contribution in [2.45, 2.75) is 45.1 Å². The maximum atomic E-state index is 12.8. The second-order valence-corrected chi connectivity index (χ2v) is 8.33. The molecule has 2 aliphatic heterocycles. The molecular weight excluding hydrogens is 408 g/mol. The number of hydrogen-bond acceptors (Lipinski definition) is 5. The highest BCUT2D eigenvalue weighted by Gasteiger charge is 2.37. The molecule has 2 atom stereocenters. The Labute approximate surface area is 187 Å². The number of rotatable bonds is 8. The van der Waals surface area contributed by atoms with Gasteiger partial charge < -0.3 is 14.8 Å². The summed E-state index contributed by atoms with van der Waals surface area (Å²) >= 11 is 0. The number of carbonyl (C=O) groups is 3. The topological polar surface area (TPSA) is 84.9 Å². The van der Waals surface area contributed by atoms with E-state index in [1.807, 2.05) is 24.3 Å². The molecule has 2 unspecified atom stereocenters. The number of anilines is 1. The van der Waals surface area contributed by atoms with Crippen LogP contribution < -0.4 is 10.1 Å². The molecule has 2 aromatic carbocycles. The first-order chi connectivity index (χ1) is 15.5. The Morgan fingerprint density at radius 1 is 1.16 bits per heavy atom. The fourth-order valence-electron chi connectivity index (χ4n) is 4.00. The average molecular weight is 437 g/mol. The Kier molecular flexibility index (Phi) is 6.55. The normalized spacial score (nSPS) is 18.6. The van der Waals surface area contributed by atoms with Crippen LogP contribution in [0.15, 0.2) is 42.5 Å². The van der Waals surface area contributed by atoms with Crippen molar-refractivity contribution in [3.05, 3.63) is 59.2 Å². The zero-order chi connectivity index (χ0) is 22.7. The highest BCUT2D eigenvalue weighted by molar-refractivity contribution is 6.21. The minimum absolute atomic E-state index is 0.104. The van der Waals surface area contributed by atoms with Crippen LogP contribution in [0.2, 0.25) is 0 Å². The molecule has 0 saturated carbocycles. The van der Waals surface area contributed by atoms with Crippen LogP contribution in [0.1, 0.15) is 65.3 Å². The summed E-state index contributed by atoms with van der Waals surface area (Å²) in [6.07, 6.45) is 2.74. The maximum Gasteiger partial charge on any atom is 0.262 e. The van der Waals surface area contributed by atoms with Gasteiger partial charge in [0, 0.05) is 12.3 Å². The van der Waals surface area contributed by atoms with Crippen molar-refractivity contribution in [3.8, 4) is 5.75 Å². The molecule has 2 aliphatic rings. The number of hydrogen-bond donors (Lipinski definition) is 1. The third kappa shape index (κ3) is 4.67. The molecule has 0 aromatic heterocycles. The molecule has 32 heavy (non-hydrogen) atoms. The van der Waals surface area contributed by atoms with Crippen LogP contribution in [0.25, 0.3) is 0 Å². The van der Waals surface area contributed by atoms with Crippen molar-refractivity contribution in [2.75, 3.05) is 25.1 Å². The van der Waals surface area contributed by atoms with Gasteiger partial charge >= 0.3 is 0 Å². The summed E-state index contributed by atoms with van der Waals surface area (Å²) < 4.78 is 11.1. The molecular formula is C25H28N2O5. The molecule has 2 heterocycles. The van der Waals surface area contributed by atoms with Crippen molar-refractivity contribution in [2.24, 2.45) is 0 Å². The molecule has 2 aromatic rings. The van der Waals surface area contributed by atoms with Gasteiger partial charge in [-0.3, -0.25) is 19.3 Å². The molecule has 168 valence electrons. The van der Waals surface area contributed by atoms with Crippen LogP contribution in [0.5, 0.6) is 5.75 Å². The van der Waals surface area contributed by atoms with Gasteiger partial charge in [-0.05, 0) is 61.1 Å². The molecule has 0 spiro atoms. The standard InChI is InChI=1S/C25H28N2O5/c1-3-16(2)17-6-9-19(10-7-17)32-15-23(28)26-18-8-11-21-22(13-18)25(30)27(24(21)29)14-20-5-4-12-31-20/h6-11,13,16,20H,3-5,12,14-15H2,1-2H3,(H,26,28). The van der Waals surface area contributed by atoms with Gasteiger partial charge in [-0.25, -0.2) is 0 Å². The lowest BCUT2D eigenvalue weighted by atomic mass is 9.99. The van der Waals surface area contributed by atoms with E-state index in [-0.39, 0.29) is 37.0 Å². The van der Waals surface area contributed by atoms with E-state index in [0.717, 1.165) is 19.3 Å². The number of imide groups is 1. The average Bonchev–Trinajstić information content (AvgIpc) is 3.40. The van der Waals surface area contributed by atoms with Gasteiger partial charge in [-0.2, -0.15) is 0 Å². The van der Waals surface area contributed by atoms with E-state index in [9.17, 15) is 14.4 Å². The molecule has 7 heteroatoms. The van der Waals surface area contributed by atoms with Gasteiger partial charge in [0.15, 0.2) is 6.61 Å². The Balaban J connectivity index is 1.34. The smallest absolute Gasteiger partial charge is 0.262 e. The molecule has 1 N–H and O–H groups in total. The molecule has 0 bridgehead atoms. The summed E-state index contributed by atoms with van der Waals surface area (Å²) in [5.41, 5.74) is 2.33. The van der Waals surface area contributed by atoms with E-state index in [0.29, 0.717) is 35.1 Å². The highest BCUT2D eigenvalue weighted by Crippen LogP contribution is 2.27. The Bertz CT molecular complexity index is 1010. The van der Waals surface area contributed by atoms with Gasteiger partial charge in [0.2, 0.25) is 0 Å². The molecule has 4 rings (SSSR count). The summed E-state index contributed by atoms with van der Waals surface area (Å²) in [7, 11) is 0. The van der Waals surface area contributed by atoms with Crippen molar-refractivity contribution in [1.29, 1.82) is 0 Å². The first-order valence-electron chi connectivity index (χ1n) is 11.1. The lowest BCUT2D eigenvalue weighted by Gasteiger charge is -2.17. The monoisotopic (exact) mass is 436 g/mol. The molecule has 1 fully saturated rings. The lowest BCUT2D eigenvalue weighted by molar-refractivity contribution is -0.118. The number of benzene rings is 2. The molecule has 7 nitrogen and oxygen atoms in total. The third-order valence-corrected chi connectivity index (χ3v) is 6.10. The highest BCUT2D eigenvalue weighted by atomic mass is 16.5. The van der Waals surface area contributed by atoms with Crippen LogP contribution >= 0.6 is 0 Å². The number of nitrogens with one attached hydrogen (secondary N) is 1. The first kappa shape index (κ1) is 22.0. The van der Waals surface area contributed by atoms with E-state index in [1.165, 1.54) is 10.5 Å². The zero-order valence-electron chi connectivity index (χ0n) is 18.4. The Hall–Kier alpha value is -3.19.